The molecular formula is C9H16N2O5S. The maximum Gasteiger partial charge on any atom is 0.317 e. The van der Waals surface area contributed by atoms with Crippen molar-refractivity contribution in [2.24, 2.45) is 0 Å². The highest BCUT2D eigenvalue weighted by atomic mass is 32.2. The third-order valence-corrected chi connectivity index (χ3v) is 3.06. The zero-order valence-electron chi connectivity index (χ0n) is 9.22. The van der Waals surface area contributed by atoms with Crippen LogP contribution in [0.15, 0.2) is 0 Å². The monoisotopic (exact) mass is 264 g/mol. The van der Waals surface area contributed by atoms with Crippen molar-refractivity contribution in [1.82, 2.24) is 10.6 Å². The number of nitrogens with one attached hydrogen (secondary N) is 2. The van der Waals surface area contributed by atoms with E-state index in [9.17, 15) is 14.7 Å². The minimum Gasteiger partial charge on any atom is -0.480 e. The molecule has 2 unspecified atom stereocenters. The summed E-state index contributed by atoms with van der Waals surface area (Å²) in [4.78, 5) is 21.7. The van der Waals surface area contributed by atoms with Crippen molar-refractivity contribution in [3.63, 3.8) is 0 Å². The zero-order valence-corrected chi connectivity index (χ0v) is 10.0. The van der Waals surface area contributed by atoms with E-state index in [1.54, 1.807) is 0 Å². The van der Waals surface area contributed by atoms with Crippen LogP contribution in [0.3, 0.4) is 0 Å². The van der Waals surface area contributed by atoms with Gasteiger partial charge < -0.3 is 25.6 Å². The van der Waals surface area contributed by atoms with Gasteiger partial charge >= 0.3 is 5.97 Å². The summed E-state index contributed by atoms with van der Waals surface area (Å²) < 4.78 is 5.15. The van der Waals surface area contributed by atoms with Gasteiger partial charge in [-0.1, -0.05) is 0 Å². The van der Waals surface area contributed by atoms with E-state index >= 15 is 0 Å². The Hall–Kier alpha value is -0.830. The molecule has 0 aliphatic carbocycles. The molecule has 1 rings (SSSR count). The molecule has 0 aromatic carbocycles. The van der Waals surface area contributed by atoms with Gasteiger partial charge in [-0.25, -0.2) is 0 Å². The van der Waals surface area contributed by atoms with Gasteiger partial charge in [0.05, 0.1) is 13.2 Å². The molecule has 0 aromatic heterocycles. The first-order valence-electron chi connectivity index (χ1n) is 5.23. The smallest absolute Gasteiger partial charge is 0.317 e. The normalized spacial score (nSPS) is 24.3. The van der Waals surface area contributed by atoms with Crippen LogP contribution in [0.1, 0.15) is 0 Å². The van der Waals surface area contributed by atoms with E-state index in [0.717, 1.165) is 0 Å². The number of aliphatic hydroxyl groups is 1. The van der Waals surface area contributed by atoms with E-state index in [0.29, 0.717) is 25.4 Å². The van der Waals surface area contributed by atoms with Gasteiger partial charge in [0.25, 0.3) is 5.91 Å². The molecule has 1 heterocycles. The number of carboxylic acids is 1. The van der Waals surface area contributed by atoms with E-state index in [1.807, 2.05) is 0 Å². The number of amides is 1. The Bertz CT molecular complexity index is 276. The summed E-state index contributed by atoms with van der Waals surface area (Å²) in [6.07, 6.45) is -0.840. The third-order valence-electron chi connectivity index (χ3n) is 2.06. The summed E-state index contributed by atoms with van der Waals surface area (Å²) >= 11 is 1.28. The Morgan fingerprint density at radius 3 is 2.82 bits per heavy atom. The average molecular weight is 264 g/mol. The molecule has 4 N–H and O–H groups in total. The molecule has 0 aromatic rings. The van der Waals surface area contributed by atoms with Crippen molar-refractivity contribution >= 4 is 23.6 Å². The number of hydrogen-bond acceptors (Lipinski definition) is 6. The number of thioether (sulfide) groups is 1. The lowest BCUT2D eigenvalue weighted by Crippen LogP contribution is -2.47. The lowest BCUT2D eigenvalue weighted by Gasteiger charge is -2.26. The average Bonchev–Trinajstić information content (AvgIpc) is 2.28. The molecular weight excluding hydrogens is 248 g/mol. The summed E-state index contributed by atoms with van der Waals surface area (Å²) in [7, 11) is 0. The molecule has 98 valence electrons. The summed E-state index contributed by atoms with van der Waals surface area (Å²) in [5, 5.41) is 23.0. The number of ether oxygens (including phenoxy) is 1. The quantitative estimate of drug-likeness (QED) is 0.420. The maximum absolute atomic E-state index is 11.6. The molecule has 0 radical (unpaired) electrons. The highest BCUT2D eigenvalue weighted by Gasteiger charge is 2.30. The van der Waals surface area contributed by atoms with E-state index in [2.05, 4.69) is 10.6 Å². The molecule has 1 fully saturated rings. The minimum absolute atomic E-state index is 0.145. The van der Waals surface area contributed by atoms with Crippen molar-refractivity contribution in [3.8, 4) is 0 Å². The number of aliphatic hydroxyl groups excluding tert-OH is 1. The largest absolute Gasteiger partial charge is 0.480 e. The molecule has 1 aliphatic heterocycles. The van der Waals surface area contributed by atoms with Gasteiger partial charge in [0.15, 0.2) is 6.10 Å². The second-order valence-corrected chi connectivity index (χ2v) is 4.64. The number of hydrogen-bond donors (Lipinski definition) is 4. The number of rotatable bonds is 6. The highest BCUT2D eigenvalue weighted by Crippen LogP contribution is 2.19. The van der Waals surface area contributed by atoms with Gasteiger partial charge in [0.2, 0.25) is 0 Å². The van der Waals surface area contributed by atoms with Crippen molar-refractivity contribution in [2.75, 3.05) is 32.0 Å². The molecule has 1 saturated heterocycles. The molecule has 0 bridgehead atoms. The van der Waals surface area contributed by atoms with E-state index in [1.165, 1.54) is 11.8 Å². The van der Waals surface area contributed by atoms with E-state index in [-0.39, 0.29) is 12.5 Å². The molecule has 0 saturated carbocycles. The fraction of sp³-hybridized carbons (Fsp3) is 0.778. The Kier molecular flexibility index (Phi) is 6.27. The molecule has 2 atom stereocenters. The second-order valence-electron chi connectivity index (χ2n) is 3.41. The van der Waals surface area contributed by atoms with Crippen LogP contribution in [0, 0.1) is 0 Å². The predicted octanol–water partition coefficient (Wildman–Crippen LogP) is -1.77. The summed E-state index contributed by atoms with van der Waals surface area (Å²) in [6, 6.07) is 0. The van der Waals surface area contributed by atoms with Crippen LogP contribution in [-0.4, -0.2) is 65.6 Å². The van der Waals surface area contributed by atoms with Crippen molar-refractivity contribution < 1.29 is 24.5 Å². The first kappa shape index (κ1) is 14.2. The Balaban J connectivity index is 2.13. The molecule has 17 heavy (non-hydrogen) atoms. The van der Waals surface area contributed by atoms with Gasteiger partial charge in [-0.05, 0) is 0 Å². The van der Waals surface area contributed by atoms with Crippen LogP contribution in [0.4, 0.5) is 0 Å². The molecule has 8 heteroatoms. The van der Waals surface area contributed by atoms with E-state index < -0.39 is 17.5 Å². The summed E-state index contributed by atoms with van der Waals surface area (Å²) in [5.41, 5.74) is -0.837. The van der Waals surface area contributed by atoms with Crippen molar-refractivity contribution in [3.05, 3.63) is 0 Å². The third kappa shape index (κ3) is 5.35. The van der Waals surface area contributed by atoms with Gasteiger partial charge in [-0.2, -0.15) is 0 Å². The number of carbonyl (C=O) groups excluding carboxylic acids is 1. The summed E-state index contributed by atoms with van der Waals surface area (Å²) in [5.74, 6) is -0.647. The van der Waals surface area contributed by atoms with Crippen LogP contribution in [0.5, 0.6) is 0 Å². The van der Waals surface area contributed by atoms with Crippen LogP contribution in [0.2, 0.25) is 0 Å². The Morgan fingerprint density at radius 2 is 2.18 bits per heavy atom. The van der Waals surface area contributed by atoms with Gasteiger partial charge in [0, 0.05) is 18.8 Å². The topological polar surface area (TPSA) is 108 Å². The van der Waals surface area contributed by atoms with Gasteiger partial charge in [0.1, 0.15) is 5.44 Å². The fourth-order valence-corrected chi connectivity index (χ4v) is 2.10. The fourth-order valence-electron chi connectivity index (χ4n) is 1.29. The zero-order chi connectivity index (χ0) is 12.7. The second kappa shape index (κ2) is 7.49. The highest BCUT2D eigenvalue weighted by molar-refractivity contribution is 7.99. The first-order valence-corrected chi connectivity index (χ1v) is 6.27. The minimum atomic E-state index is -0.946. The number of carbonyl (C=O) groups is 2. The predicted molar refractivity (Wildman–Crippen MR) is 61.7 cm³/mol. The number of carboxylic acid groups (broad SMARTS) is 1. The Labute approximate surface area is 103 Å². The van der Waals surface area contributed by atoms with Crippen LogP contribution in [-0.2, 0) is 14.3 Å². The standard InChI is InChI=1S/C9H16N2O5S/c12-6(13)5-10-1-2-11-8(14)7-9(15)17-4-3-16-7/h7,9-10,15H,1-5H2,(H,11,14)(H,12,13). The molecule has 1 aliphatic rings. The van der Waals surface area contributed by atoms with Crippen LogP contribution in [0.25, 0.3) is 0 Å². The summed E-state index contributed by atoms with van der Waals surface area (Å²) in [6.45, 7) is 0.947. The van der Waals surface area contributed by atoms with Crippen molar-refractivity contribution in [1.29, 1.82) is 0 Å². The van der Waals surface area contributed by atoms with Gasteiger partial charge in [-0.3, -0.25) is 9.59 Å². The molecule has 7 nitrogen and oxygen atoms in total. The van der Waals surface area contributed by atoms with Crippen LogP contribution >= 0.6 is 11.8 Å². The Morgan fingerprint density at radius 1 is 1.41 bits per heavy atom. The maximum atomic E-state index is 11.6. The lowest BCUT2D eigenvalue weighted by molar-refractivity contribution is -0.137. The molecule has 0 spiro atoms. The van der Waals surface area contributed by atoms with Gasteiger partial charge in [-0.15, -0.1) is 11.8 Å². The molecule has 1 amide bonds. The lowest BCUT2D eigenvalue weighted by atomic mass is 10.3. The van der Waals surface area contributed by atoms with Crippen LogP contribution < -0.4 is 10.6 Å². The van der Waals surface area contributed by atoms with E-state index in [4.69, 9.17) is 9.84 Å². The SMILES string of the molecule is O=C(O)CNCCNC(=O)C1OCCSC1O. The van der Waals surface area contributed by atoms with Crippen molar-refractivity contribution in [2.45, 2.75) is 11.5 Å². The number of aliphatic carboxylic acids is 1. The first-order chi connectivity index (χ1) is 8.11.